The van der Waals surface area contributed by atoms with Crippen LogP contribution in [0.1, 0.15) is 30.1 Å². The summed E-state index contributed by atoms with van der Waals surface area (Å²) in [4.78, 5) is 21.7. The highest BCUT2D eigenvalue weighted by atomic mass is 16.6. The molecule has 0 saturated carbocycles. The van der Waals surface area contributed by atoms with Crippen molar-refractivity contribution in [2.75, 3.05) is 12.3 Å². The lowest BCUT2D eigenvalue weighted by atomic mass is 10.0. The number of carbonyl (C=O) groups excluding carboxylic acids is 1. The fraction of sp³-hybridized carbons (Fsp3) is 0.278. The minimum Gasteiger partial charge on any atom is -0.397 e. The van der Waals surface area contributed by atoms with Crippen LogP contribution in [0.25, 0.3) is 11.1 Å². The molecule has 0 radical (unpaired) electrons. The van der Waals surface area contributed by atoms with E-state index >= 15 is 0 Å². The monoisotopic (exact) mass is 324 g/mol. The summed E-state index contributed by atoms with van der Waals surface area (Å²) in [5, 5.41) is 6.89. The van der Waals surface area contributed by atoms with Gasteiger partial charge in [-0.25, -0.2) is 0 Å². The normalized spacial score (nSPS) is 16.4. The minimum atomic E-state index is -0.137. The van der Waals surface area contributed by atoms with Crippen molar-refractivity contribution in [2.24, 2.45) is 5.16 Å². The molecule has 6 nitrogen and oxygen atoms in total. The number of hydrogen-bond donors (Lipinski definition) is 2. The van der Waals surface area contributed by atoms with Gasteiger partial charge in [-0.2, -0.15) is 0 Å². The minimum absolute atomic E-state index is 0.0785. The molecule has 1 atom stereocenters. The number of hydrogen-bond acceptors (Lipinski definition) is 5. The molecular weight excluding hydrogens is 304 g/mol. The van der Waals surface area contributed by atoms with Crippen molar-refractivity contribution < 1.29 is 9.63 Å². The molecule has 6 heteroatoms. The lowest BCUT2D eigenvalue weighted by Gasteiger charge is -2.11. The van der Waals surface area contributed by atoms with Crippen molar-refractivity contribution >= 4 is 17.3 Å². The van der Waals surface area contributed by atoms with E-state index in [4.69, 9.17) is 10.6 Å². The average Bonchev–Trinajstić information content (AvgIpc) is 3.08. The molecule has 1 amide bonds. The van der Waals surface area contributed by atoms with Gasteiger partial charge in [0.25, 0.3) is 5.91 Å². The molecule has 2 heterocycles. The van der Waals surface area contributed by atoms with E-state index in [9.17, 15) is 4.79 Å². The van der Waals surface area contributed by atoms with E-state index in [0.29, 0.717) is 17.8 Å². The van der Waals surface area contributed by atoms with Gasteiger partial charge in [-0.15, -0.1) is 0 Å². The van der Waals surface area contributed by atoms with Gasteiger partial charge in [0, 0.05) is 29.9 Å². The van der Waals surface area contributed by atoms with E-state index < -0.39 is 0 Å². The highest BCUT2D eigenvalue weighted by Gasteiger charge is 2.20. The number of carbonyl (C=O) groups is 1. The summed E-state index contributed by atoms with van der Waals surface area (Å²) in [6.07, 6.45) is 4.88. The van der Waals surface area contributed by atoms with Crippen LogP contribution in [0.3, 0.4) is 0 Å². The first-order valence-corrected chi connectivity index (χ1v) is 7.96. The molecule has 0 bridgehead atoms. The average molecular weight is 324 g/mol. The van der Waals surface area contributed by atoms with Gasteiger partial charge in [0.15, 0.2) is 0 Å². The predicted molar refractivity (Wildman–Crippen MR) is 93.6 cm³/mol. The first kappa shape index (κ1) is 16.0. The second-order valence-corrected chi connectivity index (χ2v) is 5.74. The van der Waals surface area contributed by atoms with Gasteiger partial charge in [-0.1, -0.05) is 24.2 Å². The Balaban J connectivity index is 1.64. The topological polar surface area (TPSA) is 89.6 Å². The number of pyridine rings is 1. The zero-order chi connectivity index (χ0) is 16.9. The van der Waals surface area contributed by atoms with Crippen LogP contribution < -0.4 is 11.1 Å². The molecule has 2 aromatic rings. The number of nitrogen functional groups attached to an aromatic ring is 1. The Morgan fingerprint density at radius 1 is 1.33 bits per heavy atom. The first-order chi connectivity index (χ1) is 11.7. The summed E-state index contributed by atoms with van der Waals surface area (Å²) in [7, 11) is 0. The van der Waals surface area contributed by atoms with Crippen LogP contribution in [-0.4, -0.2) is 29.3 Å². The maximum absolute atomic E-state index is 12.4. The van der Waals surface area contributed by atoms with E-state index in [-0.39, 0.29) is 12.0 Å². The van der Waals surface area contributed by atoms with Crippen LogP contribution in [0.4, 0.5) is 5.69 Å². The zero-order valence-electron chi connectivity index (χ0n) is 13.5. The highest BCUT2D eigenvalue weighted by Crippen LogP contribution is 2.21. The van der Waals surface area contributed by atoms with Crippen LogP contribution in [0.5, 0.6) is 0 Å². The van der Waals surface area contributed by atoms with Crippen molar-refractivity contribution in [1.82, 2.24) is 10.3 Å². The molecule has 24 heavy (non-hydrogen) atoms. The zero-order valence-corrected chi connectivity index (χ0v) is 13.5. The molecule has 124 valence electrons. The number of benzene rings is 1. The third-order valence-electron chi connectivity index (χ3n) is 3.91. The Bertz CT molecular complexity index is 773. The molecule has 1 aliphatic heterocycles. The molecule has 1 unspecified atom stereocenters. The summed E-state index contributed by atoms with van der Waals surface area (Å²) < 4.78 is 0. The van der Waals surface area contributed by atoms with Crippen molar-refractivity contribution in [3.05, 3.63) is 48.3 Å². The molecule has 0 saturated heterocycles. The van der Waals surface area contributed by atoms with E-state index in [0.717, 1.165) is 29.7 Å². The molecule has 1 aromatic carbocycles. The third-order valence-corrected chi connectivity index (χ3v) is 3.91. The van der Waals surface area contributed by atoms with Crippen LogP contribution in [-0.2, 0) is 4.84 Å². The van der Waals surface area contributed by atoms with Crippen LogP contribution >= 0.6 is 0 Å². The SMILES string of the molecule is CCC1=NOC(CNC(=O)c2cccc(-c3cncc(N)c3)c2)C1. The predicted octanol–water partition coefficient (Wildman–Crippen LogP) is 2.62. The summed E-state index contributed by atoms with van der Waals surface area (Å²) in [6.45, 7) is 2.48. The molecule has 3 N–H and O–H groups in total. The maximum atomic E-state index is 12.4. The lowest BCUT2D eigenvalue weighted by molar-refractivity contribution is 0.0753. The molecular formula is C18H20N4O2. The van der Waals surface area contributed by atoms with Crippen LogP contribution in [0.2, 0.25) is 0 Å². The third kappa shape index (κ3) is 3.71. The number of nitrogens with two attached hydrogens (primary N) is 1. The van der Waals surface area contributed by atoms with Gasteiger partial charge in [-0.05, 0) is 30.2 Å². The Hall–Kier alpha value is -2.89. The van der Waals surface area contributed by atoms with Gasteiger partial charge < -0.3 is 15.9 Å². The largest absolute Gasteiger partial charge is 0.397 e. The number of rotatable bonds is 5. The molecule has 0 aliphatic carbocycles. The number of nitrogens with zero attached hydrogens (tertiary/aromatic N) is 2. The summed E-state index contributed by atoms with van der Waals surface area (Å²) in [5.41, 5.74) is 9.76. The van der Waals surface area contributed by atoms with Gasteiger partial charge in [-0.3, -0.25) is 9.78 Å². The standard InChI is InChI=1S/C18H20N4O2/c1-2-16-8-17(24-22-16)11-21-18(23)13-5-3-4-12(6-13)14-7-15(19)10-20-9-14/h3-7,9-10,17H,2,8,11,19H2,1H3,(H,21,23). The molecule has 1 aromatic heterocycles. The fourth-order valence-electron chi connectivity index (χ4n) is 2.57. The molecule has 0 fully saturated rings. The van der Waals surface area contributed by atoms with E-state index in [1.54, 1.807) is 18.5 Å². The van der Waals surface area contributed by atoms with Crippen molar-refractivity contribution in [2.45, 2.75) is 25.9 Å². The second kappa shape index (κ2) is 7.12. The molecule has 1 aliphatic rings. The quantitative estimate of drug-likeness (QED) is 0.884. The first-order valence-electron chi connectivity index (χ1n) is 7.96. The van der Waals surface area contributed by atoms with Crippen LogP contribution in [0.15, 0.2) is 47.9 Å². The second-order valence-electron chi connectivity index (χ2n) is 5.74. The smallest absolute Gasteiger partial charge is 0.251 e. The summed E-state index contributed by atoms with van der Waals surface area (Å²) in [5.74, 6) is -0.137. The Labute approximate surface area is 140 Å². The number of oxime groups is 1. The summed E-state index contributed by atoms with van der Waals surface area (Å²) in [6, 6.07) is 9.21. The Morgan fingerprint density at radius 3 is 2.96 bits per heavy atom. The summed E-state index contributed by atoms with van der Waals surface area (Å²) >= 11 is 0. The van der Waals surface area contributed by atoms with Gasteiger partial charge in [0.2, 0.25) is 0 Å². The number of amides is 1. The van der Waals surface area contributed by atoms with Crippen molar-refractivity contribution in [1.29, 1.82) is 0 Å². The number of aromatic nitrogens is 1. The van der Waals surface area contributed by atoms with Gasteiger partial charge >= 0.3 is 0 Å². The van der Waals surface area contributed by atoms with Crippen LogP contribution in [0, 0.1) is 0 Å². The van der Waals surface area contributed by atoms with Gasteiger partial charge in [0.1, 0.15) is 6.10 Å². The fourth-order valence-corrected chi connectivity index (χ4v) is 2.57. The highest BCUT2D eigenvalue weighted by molar-refractivity contribution is 5.95. The lowest BCUT2D eigenvalue weighted by Crippen LogP contribution is -2.32. The molecule has 0 spiro atoms. The Morgan fingerprint density at radius 2 is 2.21 bits per heavy atom. The van der Waals surface area contributed by atoms with E-state index in [1.165, 1.54) is 0 Å². The maximum Gasteiger partial charge on any atom is 0.251 e. The van der Waals surface area contributed by atoms with Crippen molar-refractivity contribution in [3.63, 3.8) is 0 Å². The van der Waals surface area contributed by atoms with Gasteiger partial charge in [0.05, 0.1) is 17.9 Å². The van der Waals surface area contributed by atoms with E-state index in [2.05, 4.69) is 15.5 Å². The number of anilines is 1. The molecule has 3 rings (SSSR count). The Kier molecular flexibility index (Phi) is 4.74. The van der Waals surface area contributed by atoms with E-state index in [1.807, 2.05) is 31.2 Å². The number of nitrogens with one attached hydrogen (secondary N) is 1. The van der Waals surface area contributed by atoms with Crippen molar-refractivity contribution in [3.8, 4) is 11.1 Å².